The first-order chi connectivity index (χ1) is 8.47. The third-order valence-corrected chi connectivity index (χ3v) is 2.04. The molecule has 0 saturated carbocycles. The van der Waals surface area contributed by atoms with Gasteiger partial charge in [0.15, 0.2) is 0 Å². The van der Waals surface area contributed by atoms with Gasteiger partial charge in [-0.15, -0.1) is 0 Å². The van der Waals surface area contributed by atoms with E-state index in [0.29, 0.717) is 19.0 Å². The first-order valence-electron chi connectivity index (χ1n) is 5.01. The predicted octanol–water partition coefficient (Wildman–Crippen LogP) is 1.54. The minimum atomic E-state index is -4.45. The molecule has 1 aromatic heterocycles. The zero-order valence-electron chi connectivity index (χ0n) is 9.90. The van der Waals surface area contributed by atoms with Gasteiger partial charge in [0, 0.05) is 26.6 Å². The lowest BCUT2D eigenvalue weighted by atomic mass is 10.3. The summed E-state index contributed by atoms with van der Waals surface area (Å²) in [5, 5.41) is 0. The number of halogens is 3. The van der Waals surface area contributed by atoms with Crippen molar-refractivity contribution in [3.63, 3.8) is 0 Å². The van der Waals surface area contributed by atoms with Gasteiger partial charge in [-0.3, -0.25) is 0 Å². The summed E-state index contributed by atoms with van der Waals surface area (Å²) in [5.74, 6) is 0. The lowest BCUT2D eigenvalue weighted by molar-refractivity contribution is -0.138. The third kappa shape index (κ3) is 4.46. The van der Waals surface area contributed by atoms with Crippen molar-refractivity contribution in [2.75, 3.05) is 27.4 Å². The maximum atomic E-state index is 12.2. The van der Waals surface area contributed by atoms with E-state index in [0.717, 1.165) is 0 Å². The molecule has 0 aliphatic heterocycles. The first-order valence-corrected chi connectivity index (χ1v) is 5.01. The molecular weight excluding hydrogens is 253 g/mol. The number of nitrogens with zero attached hydrogens (tertiary/aromatic N) is 2. The summed E-state index contributed by atoms with van der Waals surface area (Å²) in [6.45, 7) is 0.396. The van der Waals surface area contributed by atoms with Crippen molar-refractivity contribution in [2.24, 2.45) is 0 Å². The molecule has 8 heteroatoms. The average Bonchev–Trinajstić information content (AvgIpc) is 2.34. The van der Waals surface area contributed by atoms with E-state index in [2.05, 4.69) is 9.97 Å². The van der Waals surface area contributed by atoms with Crippen LogP contribution in [0.25, 0.3) is 0 Å². The molecule has 0 N–H and O–H groups in total. The highest BCUT2D eigenvalue weighted by molar-refractivity contribution is 5.10. The number of rotatable bonds is 6. The second kappa shape index (κ2) is 6.50. The van der Waals surface area contributed by atoms with E-state index < -0.39 is 11.7 Å². The molecule has 1 atom stereocenters. The minimum Gasteiger partial charge on any atom is -0.461 e. The second-order valence-electron chi connectivity index (χ2n) is 3.38. The molecule has 0 spiro atoms. The summed E-state index contributed by atoms with van der Waals surface area (Å²) in [4.78, 5) is 6.92. The van der Waals surface area contributed by atoms with Gasteiger partial charge in [-0.2, -0.15) is 13.2 Å². The topological polar surface area (TPSA) is 53.5 Å². The molecule has 5 nitrogen and oxygen atoms in total. The largest absolute Gasteiger partial charge is 0.461 e. The summed E-state index contributed by atoms with van der Waals surface area (Å²) >= 11 is 0. The van der Waals surface area contributed by atoms with Crippen LogP contribution in [-0.2, 0) is 15.7 Å². The fourth-order valence-corrected chi connectivity index (χ4v) is 1.07. The SMILES string of the molecule is COCC(COc1ncc(C(F)(F)F)cn1)OC. The van der Waals surface area contributed by atoms with Crippen LogP contribution in [0.15, 0.2) is 12.4 Å². The van der Waals surface area contributed by atoms with Crippen LogP contribution in [0.3, 0.4) is 0 Å². The lowest BCUT2D eigenvalue weighted by Gasteiger charge is -2.14. The average molecular weight is 266 g/mol. The Hall–Kier alpha value is -1.41. The second-order valence-corrected chi connectivity index (χ2v) is 3.38. The first kappa shape index (κ1) is 14.7. The zero-order valence-corrected chi connectivity index (χ0v) is 9.90. The van der Waals surface area contributed by atoms with E-state index in [1.807, 2.05) is 0 Å². The van der Waals surface area contributed by atoms with Gasteiger partial charge in [-0.1, -0.05) is 0 Å². The van der Waals surface area contributed by atoms with E-state index in [-0.39, 0.29) is 18.7 Å². The van der Waals surface area contributed by atoms with Crippen molar-refractivity contribution >= 4 is 0 Å². The van der Waals surface area contributed by atoms with Crippen LogP contribution in [-0.4, -0.2) is 43.5 Å². The van der Waals surface area contributed by atoms with Gasteiger partial charge < -0.3 is 14.2 Å². The molecule has 0 saturated heterocycles. The number of hydrogen-bond acceptors (Lipinski definition) is 5. The zero-order chi connectivity index (χ0) is 13.6. The maximum absolute atomic E-state index is 12.2. The highest BCUT2D eigenvalue weighted by atomic mass is 19.4. The van der Waals surface area contributed by atoms with Crippen LogP contribution in [0.4, 0.5) is 13.2 Å². The number of ether oxygens (including phenoxy) is 3. The van der Waals surface area contributed by atoms with Crippen LogP contribution in [0.5, 0.6) is 6.01 Å². The predicted molar refractivity (Wildman–Crippen MR) is 55.2 cm³/mol. The standard InChI is InChI=1S/C10H13F3N2O3/c1-16-5-8(17-2)6-18-9-14-3-7(4-15-9)10(11,12)13/h3-4,8H,5-6H2,1-2H3. The molecule has 1 aromatic rings. The number of methoxy groups -OCH3 is 2. The molecular formula is C10H13F3N2O3. The smallest absolute Gasteiger partial charge is 0.419 e. The highest BCUT2D eigenvalue weighted by Gasteiger charge is 2.31. The summed E-state index contributed by atoms with van der Waals surface area (Å²) < 4.78 is 51.6. The summed E-state index contributed by atoms with van der Waals surface area (Å²) in [7, 11) is 2.97. The Morgan fingerprint density at radius 3 is 2.22 bits per heavy atom. The minimum absolute atomic E-state index is 0.0930. The van der Waals surface area contributed by atoms with Crippen molar-refractivity contribution in [2.45, 2.75) is 12.3 Å². The van der Waals surface area contributed by atoms with E-state index >= 15 is 0 Å². The van der Waals surface area contributed by atoms with Crippen LogP contribution < -0.4 is 4.74 Å². The quantitative estimate of drug-likeness (QED) is 0.781. The van der Waals surface area contributed by atoms with Crippen molar-refractivity contribution in [3.05, 3.63) is 18.0 Å². The summed E-state index contributed by atoms with van der Waals surface area (Å²) in [5.41, 5.74) is -0.921. The molecule has 0 aromatic carbocycles. The summed E-state index contributed by atoms with van der Waals surface area (Å²) in [6, 6.07) is -0.138. The van der Waals surface area contributed by atoms with Crippen LogP contribution in [0.1, 0.15) is 5.56 Å². The Morgan fingerprint density at radius 1 is 1.17 bits per heavy atom. The molecule has 0 radical (unpaired) electrons. The Kier molecular flexibility index (Phi) is 5.29. The normalized spacial score (nSPS) is 13.4. The monoisotopic (exact) mass is 266 g/mol. The lowest BCUT2D eigenvalue weighted by Crippen LogP contribution is -2.25. The molecule has 0 fully saturated rings. The molecule has 1 unspecified atom stereocenters. The Bertz CT molecular complexity index is 356. The maximum Gasteiger partial charge on any atom is 0.419 e. The molecule has 0 bridgehead atoms. The Labute approximate surface area is 102 Å². The van der Waals surface area contributed by atoms with Crippen LogP contribution in [0.2, 0.25) is 0 Å². The van der Waals surface area contributed by atoms with Crippen molar-refractivity contribution in [1.29, 1.82) is 0 Å². The van der Waals surface area contributed by atoms with E-state index in [4.69, 9.17) is 14.2 Å². The molecule has 0 aliphatic rings. The van der Waals surface area contributed by atoms with Gasteiger partial charge in [-0.05, 0) is 0 Å². The Balaban J connectivity index is 2.53. The Morgan fingerprint density at radius 2 is 1.78 bits per heavy atom. The molecule has 0 amide bonds. The van der Waals surface area contributed by atoms with Gasteiger partial charge in [0.05, 0.1) is 12.2 Å². The van der Waals surface area contributed by atoms with E-state index in [9.17, 15) is 13.2 Å². The third-order valence-electron chi connectivity index (χ3n) is 2.04. The molecule has 18 heavy (non-hydrogen) atoms. The number of hydrogen-bond donors (Lipinski definition) is 0. The van der Waals surface area contributed by atoms with Crippen molar-refractivity contribution in [3.8, 4) is 6.01 Å². The fourth-order valence-electron chi connectivity index (χ4n) is 1.07. The molecule has 1 heterocycles. The van der Waals surface area contributed by atoms with Crippen molar-refractivity contribution in [1.82, 2.24) is 9.97 Å². The van der Waals surface area contributed by atoms with Gasteiger partial charge in [0.2, 0.25) is 0 Å². The van der Waals surface area contributed by atoms with Gasteiger partial charge >= 0.3 is 12.2 Å². The summed E-state index contributed by atoms with van der Waals surface area (Å²) in [6.07, 6.45) is -3.45. The molecule has 102 valence electrons. The highest BCUT2D eigenvalue weighted by Crippen LogP contribution is 2.28. The number of aromatic nitrogens is 2. The van der Waals surface area contributed by atoms with Crippen LogP contribution in [0, 0.1) is 0 Å². The van der Waals surface area contributed by atoms with E-state index in [1.54, 1.807) is 0 Å². The molecule has 1 rings (SSSR count). The van der Waals surface area contributed by atoms with Crippen molar-refractivity contribution < 1.29 is 27.4 Å². The van der Waals surface area contributed by atoms with Gasteiger partial charge in [-0.25, -0.2) is 9.97 Å². The van der Waals surface area contributed by atoms with Gasteiger partial charge in [0.1, 0.15) is 12.7 Å². The van der Waals surface area contributed by atoms with E-state index in [1.165, 1.54) is 14.2 Å². The van der Waals surface area contributed by atoms with Gasteiger partial charge in [0.25, 0.3) is 0 Å². The number of alkyl halides is 3. The molecule has 0 aliphatic carbocycles. The van der Waals surface area contributed by atoms with Crippen LogP contribution >= 0.6 is 0 Å². The fraction of sp³-hybridized carbons (Fsp3) is 0.600.